The van der Waals surface area contributed by atoms with E-state index in [2.05, 4.69) is 0 Å². The lowest BCUT2D eigenvalue weighted by Crippen LogP contribution is -1.93. The molecule has 0 aromatic carbocycles. The van der Waals surface area contributed by atoms with Crippen LogP contribution in [-0.4, -0.2) is 7.11 Å². The van der Waals surface area contributed by atoms with E-state index < -0.39 is 0 Å². The number of rotatable bonds is 1. The van der Waals surface area contributed by atoms with Gasteiger partial charge in [-0.05, 0) is 31.3 Å². The maximum absolute atomic E-state index is 4.92. The highest BCUT2D eigenvalue weighted by Gasteiger charge is 2.03. The first kappa shape index (κ1) is 6.66. The van der Waals surface area contributed by atoms with Gasteiger partial charge in [0.05, 0.1) is 13.4 Å². The van der Waals surface area contributed by atoms with Crippen molar-refractivity contribution < 1.29 is 4.74 Å². The second-order valence-corrected chi connectivity index (χ2v) is 2.57. The first-order valence-corrected chi connectivity index (χ1v) is 3.64. The van der Waals surface area contributed by atoms with Gasteiger partial charge in [-0.15, -0.1) is 0 Å². The number of methoxy groups -OCH3 is 1. The van der Waals surface area contributed by atoms with Gasteiger partial charge >= 0.3 is 0 Å². The summed E-state index contributed by atoms with van der Waals surface area (Å²) in [5, 5.41) is 0. The maximum atomic E-state index is 4.92. The highest BCUT2D eigenvalue weighted by molar-refractivity contribution is 4.99. The first-order valence-electron chi connectivity index (χ1n) is 3.64. The molecule has 52 valence electrons. The molecule has 0 N–H and O–H groups in total. The van der Waals surface area contributed by atoms with Gasteiger partial charge in [-0.1, -0.05) is 6.42 Å². The Hall–Kier alpha value is -0.460. The summed E-state index contributed by atoms with van der Waals surface area (Å²) in [5.74, 6) is 0. The van der Waals surface area contributed by atoms with Crippen molar-refractivity contribution in [3.63, 3.8) is 0 Å². The molecule has 1 nitrogen and oxygen atoms in total. The molecule has 0 spiro atoms. The number of hydrogen-bond acceptors (Lipinski definition) is 1. The minimum Gasteiger partial charge on any atom is -0.504 e. The lowest BCUT2D eigenvalue weighted by molar-refractivity contribution is 0.328. The molecular weight excluding hydrogens is 112 g/mol. The number of ether oxygens (including phenoxy) is 1. The van der Waals surface area contributed by atoms with Crippen molar-refractivity contribution in [1.29, 1.82) is 0 Å². The Balaban J connectivity index is 2.30. The minimum atomic E-state index is 1.26. The lowest BCUT2D eigenvalue weighted by Gasteiger charge is -2.11. The summed E-state index contributed by atoms with van der Waals surface area (Å²) in [5.41, 5.74) is 1.49. The lowest BCUT2D eigenvalue weighted by atomic mass is 9.96. The molecule has 0 amide bonds. The van der Waals surface area contributed by atoms with E-state index in [-0.39, 0.29) is 0 Å². The minimum absolute atomic E-state index is 1.26. The van der Waals surface area contributed by atoms with Crippen LogP contribution in [0.5, 0.6) is 0 Å². The van der Waals surface area contributed by atoms with Crippen LogP contribution in [0.1, 0.15) is 32.1 Å². The molecule has 0 heterocycles. The average Bonchev–Trinajstić information content (AvgIpc) is 1.91. The van der Waals surface area contributed by atoms with Gasteiger partial charge in [0, 0.05) is 0 Å². The fraction of sp³-hybridized carbons (Fsp3) is 0.750. The number of allylic oxidation sites excluding steroid dienone is 1. The van der Waals surface area contributed by atoms with Crippen molar-refractivity contribution in [2.24, 2.45) is 0 Å². The zero-order valence-electron chi connectivity index (χ0n) is 6.02. The van der Waals surface area contributed by atoms with E-state index >= 15 is 0 Å². The molecular formula is C8H14O. The van der Waals surface area contributed by atoms with Crippen LogP contribution in [0.25, 0.3) is 0 Å². The van der Waals surface area contributed by atoms with Gasteiger partial charge in [0.2, 0.25) is 0 Å². The molecule has 0 bridgehead atoms. The van der Waals surface area contributed by atoms with E-state index in [0.29, 0.717) is 0 Å². The molecule has 9 heavy (non-hydrogen) atoms. The van der Waals surface area contributed by atoms with Crippen LogP contribution in [-0.2, 0) is 4.74 Å². The van der Waals surface area contributed by atoms with E-state index in [4.69, 9.17) is 4.74 Å². The standard InChI is InChI=1S/C8H14O/c1-9-7-8-5-3-2-4-6-8/h7H,2-6H2,1H3. The maximum Gasteiger partial charge on any atom is 0.0816 e. The molecule has 0 aliphatic heterocycles. The highest BCUT2D eigenvalue weighted by Crippen LogP contribution is 2.22. The van der Waals surface area contributed by atoms with Crippen LogP contribution in [0.15, 0.2) is 11.8 Å². The summed E-state index contributed by atoms with van der Waals surface area (Å²) in [7, 11) is 1.72. The molecule has 1 aliphatic carbocycles. The van der Waals surface area contributed by atoms with E-state index in [1.165, 1.54) is 37.7 Å². The van der Waals surface area contributed by atoms with Crippen molar-refractivity contribution in [3.05, 3.63) is 11.8 Å². The Labute approximate surface area is 56.7 Å². The van der Waals surface area contributed by atoms with Crippen molar-refractivity contribution >= 4 is 0 Å². The second-order valence-electron chi connectivity index (χ2n) is 2.57. The van der Waals surface area contributed by atoms with Gasteiger partial charge in [-0.3, -0.25) is 0 Å². The summed E-state index contributed by atoms with van der Waals surface area (Å²) < 4.78 is 4.92. The van der Waals surface area contributed by atoms with Crippen molar-refractivity contribution in [1.82, 2.24) is 0 Å². The quantitative estimate of drug-likeness (QED) is 0.490. The molecule has 1 heteroatoms. The van der Waals surface area contributed by atoms with Gasteiger partial charge in [0.25, 0.3) is 0 Å². The Morgan fingerprint density at radius 3 is 2.44 bits per heavy atom. The zero-order chi connectivity index (χ0) is 6.53. The third-order valence-corrected chi connectivity index (χ3v) is 1.78. The van der Waals surface area contributed by atoms with Gasteiger partial charge in [-0.25, -0.2) is 0 Å². The fourth-order valence-electron chi connectivity index (χ4n) is 1.29. The Bertz CT molecular complexity index is 97.1. The zero-order valence-corrected chi connectivity index (χ0v) is 6.02. The molecule has 1 saturated carbocycles. The van der Waals surface area contributed by atoms with Crippen LogP contribution in [0.3, 0.4) is 0 Å². The first-order chi connectivity index (χ1) is 4.43. The highest BCUT2D eigenvalue weighted by atomic mass is 16.5. The molecule has 1 aliphatic rings. The van der Waals surface area contributed by atoms with Crippen LogP contribution in [0, 0.1) is 0 Å². The predicted octanol–water partition coefficient (Wildman–Crippen LogP) is 2.48. The summed E-state index contributed by atoms with van der Waals surface area (Å²) in [6, 6.07) is 0. The van der Waals surface area contributed by atoms with E-state index in [1.807, 2.05) is 6.26 Å². The van der Waals surface area contributed by atoms with Crippen LogP contribution in [0.2, 0.25) is 0 Å². The molecule has 0 unspecified atom stereocenters. The SMILES string of the molecule is COC=C1CCCCC1. The van der Waals surface area contributed by atoms with Gasteiger partial charge in [0.15, 0.2) is 0 Å². The van der Waals surface area contributed by atoms with Crippen LogP contribution >= 0.6 is 0 Å². The van der Waals surface area contributed by atoms with E-state index in [0.717, 1.165) is 0 Å². The molecule has 0 saturated heterocycles. The fourth-order valence-corrected chi connectivity index (χ4v) is 1.29. The van der Waals surface area contributed by atoms with Crippen LogP contribution in [0.4, 0.5) is 0 Å². The normalized spacial score (nSPS) is 19.4. The van der Waals surface area contributed by atoms with E-state index in [9.17, 15) is 0 Å². The molecule has 0 aromatic heterocycles. The van der Waals surface area contributed by atoms with Gasteiger partial charge in [-0.2, -0.15) is 0 Å². The van der Waals surface area contributed by atoms with Crippen LogP contribution < -0.4 is 0 Å². The molecule has 0 radical (unpaired) electrons. The predicted molar refractivity (Wildman–Crippen MR) is 38.2 cm³/mol. The third kappa shape index (κ3) is 2.08. The molecule has 0 atom stereocenters. The third-order valence-electron chi connectivity index (χ3n) is 1.78. The smallest absolute Gasteiger partial charge is 0.0816 e. The summed E-state index contributed by atoms with van der Waals surface area (Å²) in [4.78, 5) is 0. The number of hydrogen-bond donors (Lipinski definition) is 0. The van der Waals surface area contributed by atoms with Crippen molar-refractivity contribution in [2.45, 2.75) is 32.1 Å². The molecule has 0 aromatic rings. The average molecular weight is 126 g/mol. The monoisotopic (exact) mass is 126 g/mol. The summed E-state index contributed by atoms with van der Waals surface area (Å²) in [6.45, 7) is 0. The van der Waals surface area contributed by atoms with Gasteiger partial charge < -0.3 is 4.74 Å². The molecule has 1 fully saturated rings. The summed E-state index contributed by atoms with van der Waals surface area (Å²) >= 11 is 0. The van der Waals surface area contributed by atoms with Gasteiger partial charge in [0.1, 0.15) is 0 Å². The van der Waals surface area contributed by atoms with Crippen molar-refractivity contribution in [2.75, 3.05) is 7.11 Å². The van der Waals surface area contributed by atoms with E-state index in [1.54, 1.807) is 7.11 Å². The molecule has 1 rings (SSSR count). The Morgan fingerprint density at radius 2 is 1.89 bits per heavy atom. The summed E-state index contributed by atoms with van der Waals surface area (Å²) in [6.07, 6.45) is 8.53. The topological polar surface area (TPSA) is 9.23 Å². The second kappa shape index (κ2) is 3.54. The van der Waals surface area contributed by atoms with Crippen molar-refractivity contribution in [3.8, 4) is 0 Å². The largest absolute Gasteiger partial charge is 0.504 e. The Morgan fingerprint density at radius 1 is 1.22 bits per heavy atom. The Kier molecular flexibility index (Phi) is 2.62.